The van der Waals surface area contributed by atoms with Gasteiger partial charge in [-0.15, -0.1) is 0 Å². The van der Waals surface area contributed by atoms with Crippen LogP contribution in [-0.4, -0.2) is 47.0 Å². The highest BCUT2D eigenvalue weighted by Crippen LogP contribution is 2.25. The minimum absolute atomic E-state index is 0.00205. The zero-order valence-electron chi connectivity index (χ0n) is 20.1. The van der Waals surface area contributed by atoms with Crippen molar-refractivity contribution in [1.82, 2.24) is 9.96 Å². The van der Waals surface area contributed by atoms with Crippen molar-refractivity contribution in [3.05, 3.63) is 59.7 Å². The summed E-state index contributed by atoms with van der Waals surface area (Å²) in [5.74, 6) is -1.07. The molecule has 9 heteroatoms. The topological polar surface area (TPSA) is 65.1 Å². The maximum absolute atomic E-state index is 14.5. The third kappa shape index (κ3) is 6.98. The predicted molar refractivity (Wildman–Crippen MR) is 127 cm³/mol. The van der Waals surface area contributed by atoms with Gasteiger partial charge in [0.1, 0.15) is 17.3 Å². The minimum Gasteiger partial charge on any atom is -0.299 e. The number of carbonyl (C=O) groups is 2. The predicted octanol–water partition coefficient (Wildman–Crippen LogP) is 4.50. The summed E-state index contributed by atoms with van der Waals surface area (Å²) in [6, 6.07) is 10.1. The van der Waals surface area contributed by atoms with Crippen molar-refractivity contribution in [3.8, 4) is 0 Å². The minimum atomic E-state index is -0.555. The average Bonchev–Trinajstić information content (AvgIpc) is 2.78. The van der Waals surface area contributed by atoms with Crippen LogP contribution >= 0.6 is 0 Å². The largest absolute Gasteiger partial charge is 0.299 e. The van der Waals surface area contributed by atoms with Crippen molar-refractivity contribution in [2.24, 2.45) is 0 Å². The fraction of sp³-hybridized carbons (Fsp3) is 0.440. The van der Waals surface area contributed by atoms with Crippen molar-refractivity contribution in [1.29, 1.82) is 0 Å². The first-order chi connectivity index (χ1) is 16.1. The van der Waals surface area contributed by atoms with E-state index in [2.05, 4.69) is 10.3 Å². The number of hydrazine groups is 1. The lowest BCUT2D eigenvalue weighted by atomic mass is 10.0. The summed E-state index contributed by atoms with van der Waals surface area (Å²) >= 11 is 0. The van der Waals surface area contributed by atoms with Crippen molar-refractivity contribution < 1.29 is 23.2 Å². The van der Waals surface area contributed by atoms with Crippen LogP contribution in [0.2, 0.25) is 0 Å². The van der Waals surface area contributed by atoms with E-state index in [4.69, 9.17) is 4.84 Å². The van der Waals surface area contributed by atoms with Gasteiger partial charge in [0.25, 0.3) is 0 Å². The quantitative estimate of drug-likeness (QED) is 0.451. The number of hydrogen-bond acceptors (Lipinski definition) is 5. The van der Waals surface area contributed by atoms with Crippen LogP contribution in [0.1, 0.15) is 46.1 Å². The number of amides is 2. The van der Waals surface area contributed by atoms with Gasteiger partial charge < -0.3 is 0 Å². The Labute approximate surface area is 199 Å². The fourth-order valence-corrected chi connectivity index (χ4v) is 3.91. The Morgan fingerprint density at radius 1 is 1.15 bits per heavy atom. The smallest absolute Gasteiger partial charge is 0.243 e. The highest BCUT2D eigenvalue weighted by Gasteiger charge is 2.30. The molecule has 0 atom stereocenters. The molecule has 0 radical (unpaired) electrons. The highest BCUT2D eigenvalue weighted by molar-refractivity contribution is 5.79. The Balaban J connectivity index is 1.64. The standard InChI is InChI=1S/C25H32F2N4O3/c1-18(33)31(34-25(2,3)4)22-11-13-29(14-12-22)16-19-5-10-23(27)24(15-19)30(17-32)28-21-8-6-20(26)7-9-21/h5-10,15,17,22,28H,11-14,16H2,1-4H3. The first-order valence-corrected chi connectivity index (χ1v) is 11.3. The number of carbonyl (C=O) groups excluding carboxylic acids is 2. The molecule has 2 amide bonds. The van der Waals surface area contributed by atoms with Crippen LogP contribution < -0.4 is 10.4 Å². The van der Waals surface area contributed by atoms with Crippen LogP contribution in [0.4, 0.5) is 20.2 Å². The molecule has 0 saturated carbocycles. The third-order valence-electron chi connectivity index (χ3n) is 5.45. The van der Waals surface area contributed by atoms with E-state index in [1.54, 1.807) is 12.1 Å². The van der Waals surface area contributed by atoms with E-state index < -0.39 is 17.2 Å². The van der Waals surface area contributed by atoms with Gasteiger partial charge in [-0.3, -0.25) is 24.8 Å². The van der Waals surface area contributed by atoms with E-state index in [0.717, 1.165) is 36.5 Å². The van der Waals surface area contributed by atoms with Crippen LogP contribution in [0.3, 0.4) is 0 Å². The summed E-state index contributed by atoms with van der Waals surface area (Å²) in [5, 5.41) is 2.53. The summed E-state index contributed by atoms with van der Waals surface area (Å²) in [6.45, 7) is 9.33. The molecule has 0 spiro atoms. The van der Waals surface area contributed by atoms with E-state index in [1.165, 1.54) is 42.3 Å². The third-order valence-corrected chi connectivity index (χ3v) is 5.45. The van der Waals surface area contributed by atoms with E-state index in [0.29, 0.717) is 18.6 Å². The zero-order chi connectivity index (χ0) is 24.9. The van der Waals surface area contributed by atoms with Gasteiger partial charge in [-0.25, -0.2) is 18.9 Å². The van der Waals surface area contributed by atoms with Crippen LogP contribution in [0.5, 0.6) is 0 Å². The van der Waals surface area contributed by atoms with E-state index in [-0.39, 0.29) is 17.6 Å². The number of anilines is 2. The van der Waals surface area contributed by atoms with E-state index >= 15 is 0 Å². The number of halogens is 2. The Morgan fingerprint density at radius 2 is 1.79 bits per heavy atom. The number of benzene rings is 2. The second-order valence-corrected chi connectivity index (χ2v) is 9.44. The molecule has 3 rings (SSSR count). The van der Waals surface area contributed by atoms with Crippen LogP contribution in [0, 0.1) is 11.6 Å². The molecule has 184 valence electrons. The first-order valence-electron chi connectivity index (χ1n) is 11.3. The molecule has 0 aliphatic carbocycles. The summed E-state index contributed by atoms with van der Waals surface area (Å²) in [5.41, 5.74) is 3.70. The molecular formula is C25H32F2N4O3. The lowest BCUT2D eigenvalue weighted by molar-refractivity contribution is -0.245. The summed E-state index contributed by atoms with van der Waals surface area (Å²) in [7, 11) is 0. The molecule has 0 bridgehead atoms. The Hall–Kier alpha value is -3.04. The summed E-state index contributed by atoms with van der Waals surface area (Å²) in [6.07, 6.45) is 2.00. The number of hydroxylamine groups is 2. The van der Waals surface area contributed by atoms with Gasteiger partial charge in [-0.2, -0.15) is 0 Å². The average molecular weight is 475 g/mol. The van der Waals surface area contributed by atoms with Crippen molar-refractivity contribution in [2.75, 3.05) is 23.5 Å². The van der Waals surface area contributed by atoms with E-state index in [1.807, 2.05) is 20.8 Å². The lowest BCUT2D eigenvalue weighted by Crippen LogP contribution is -2.49. The van der Waals surface area contributed by atoms with Crippen molar-refractivity contribution >= 4 is 23.7 Å². The van der Waals surface area contributed by atoms with Crippen molar-refractivity contribution in [3.63, 3.8) is 0 Å². The Bertz CT molecular complexity index is 987. The molecule has 1 saturated heterocycles. The van der Waals surface area contributed by atoms with Gasteiger partial charge >= 0.3 is 0 Å². The number of nitrogens with zero attached hydrogens (tertiary/aromatic N) is 3. The molecule has 0 unspecified atom stereocenters. The summed E-state index contributed by atoms with van der Waals surface area (Å²) < 4.78 is 27.7. The zero-order valence-corrected chi connectivity index (χ0v) is 20.1. The molecule has 7 nitrogen and oxygen atoms in total. The number of rotatable bonds is 8. The van der Waals surface area contributed by atoms with Gasteiger partial charge in [0.15, 0.2) is 0 Å². The monoisotopic (exact) mass is 474 g/mol. The molecule has 2 aromatic rings. The van der Waals surface area contributed by atoms with Gasteiger partial charge in [0, 0.05) is 26.6 Å². The maximum atomic E-state index is 14.5. The van der Waals surface area contributed by atoms with Gasteiger partial charge in [-0.05, 0) is 75.6 Å². The second-order valence-electron chi connectivity index (χ2n) is 9.44. The van der Waals surface area contributed by atoms with Gasteiger partial charge in [0.2, 0.25) is 12.3 Å². The number of hydrogen-bond donors (Lipinski definition) is 1. The molecule has 1 fully saturated rings. The molecule has 1 heterocycles. The lowest BCUT2D eigenvalue weighted by Gasteiger charge is -2.39. The molecule has 2 aromatic carbocycles. The molecule has 1 aliphatic rings. The number of nitrogens with one attached hydrogen (secondary N) is 1. The number of piperidine rings is 1. The first kappa shape index (κ1) is 25.6. The molecule has 1 aliphatic heterocycles. The SMILES string of the molecule is CC(=O)N(OC(C)(C)C)C1CCN(Cc2ccc(F)c(N(C=O)Nc3ccc(F)cc3)c2)CC1. The van der Waals surface area contributed by atoms with Crippen LogP contribution in [0.25, 0.3) is 0 Å². The maximum Gasteiger partial charge on any atom is 0.243 e. The molecule has 1 N–H and O–H groups in total. The summed E-state index contributed by atoms with van der Waals surface area (Å²) in [4.78, 5) is 31.8. The molecule has 0 aromatic heterocycles. The van der Waals surface area contributed by atoms with Crippen LogP contribution in [0.15, 0.2) is 42.5 Å². The fourth-order valence-electron chi connectivity index (χ4n) is 3.91. The highest BCUT2D eigenvalue weighted by atomic mass is 19.1. The molecule has 34 heavy (non-hydrogen) atoms. The Morgan fingerprint density at radius 3 is 2.35 bits per heavy atom. The van der Waals surface area contributed by atoms with Crippen LogP contribution in [-0.2, 0) is 21.0 Å². The molecular weight excluding hydrogens is 442 g/mol. The van der Waals surface area contributed by atoms with Gasteiger partial charge in [-0.1, -0.05) is 6.07 Å². The Kier molecular flexibility index (Phi) is 8.22. The van der Waals surface area contributed by atoms with Crippen molar-refractivity contribution in [2.45, 2.75) is 58.7 Å². The number of likely N-dealkylation sites (tertiary alicyclic amines) is 1. The van der Waals surface area contributed by atoms with E-state index in [9.17, 15) is 18.4 Å². The van der Waals surface area contributed by atoms with Gasteiger partial charge in [0.05, 0.1) is 17.3 Å². The normalized spacial score (nSPS) is 15.1. The second kappa shape index (κ2) is 10.9.